The van der Waals surface area contributed by atoms with Crippen molar-refractivity contribution in [2.24, 2.45) is 0 Å². The van der Waals surface area contributed by atoms with Gasteiger partial charge in [0.2, 0.25) is 0 Å². The number of halogens is 1. The average molecular weight is 197 g/mol. The minimum absolute atomic E-state index is 0. The van der Waals surface area contributed by atoms with Crippen molar-refractivity contribution < 1.29 is 19.4 Å². The maximum absolute atomic E-state index is 11.4. The highest BCUT2D eigenvalue weighted by molar-refractivity contribution is 6.21. The first-order chi connectivity index (χ1) is 6.25. The SMILES string of the molecule is F.O=C1c2ccccc2C(=O)N1CO. The fourth-order valence-electron chi connectivity index (χ4n) is 1.37. The normalized spacial score (nSPS) is 13.9. The van der Waals surface area contributed by atoms with Gasteiger partial charge in [-0.05, 0) is 12.1 Å². The standard InChI is InChI=1S/C9H7NO3.FH/c11-5-10-8(12)6-3-1-2-4-7(6)9(10)13;/h1-4,11H,5H2;1H. The van der Waals surface area contributed by atoms with Crippen LogP contribution in [0.2, 0.25) is 0 Å². The van der Waals surface area contributed by atoms with Crippen molar-refractivity contribution in [1.29, 1.82) is 0 Å². The molecule has 2 rings (SSSR count). The molecule has 1 aliphatic heterocycles. The number of carbonyl (C=O) groups excluding carboxylic acids is 2. The third-order valence-electron chi connectivity index (χ3n) is 2.02. The van der Waals surface area contributed by atoms with E-state index in [1.807, 2.05) is 0 Å². The summed E-state index contributed by atoms with van der Waals surface area (Å²) in [5.41, 5.74) is 0.725. The summed E-state index contributed by atoms with van der Waals surface area (Å²) in [7, 11) is 0. The smallest absolute Gasteiger partial charge is 0.263 e. The zero-order valence-corrected chi connectivity index (χ0v) is 7.14. The van der Waals surface area contributed by atoms with E-state index in [0.29, 0.717) is 11.1 Å². The molecular formula is C9H8FNO3. The third-order valence-corrected chi connectivity index (χ3v) is 2.02. The second-order valence-corrected chi connectivity index (χ2v) is 2.73. The largest absolute Gasteiger partial charge is 0.376 e. The van der Waals surface area contributed by atoms with E-state index in [0.717, 1.165) is 4.90 Å². The Labute approximate surface area is 79.1 Å². The maximum atomic E-state index is 11.4. The molecule has 0 aromatic heterocycles. The van der Waals surface area contributed by atoms with Crippen LogP contribution in [0.25, 0.3) is 0 Å². The van der Waals surface area contributed by atoms with E-state index in [2.05, 4.69) is 0 Å². The second kappa shape index (κ2) is 3.55. The van der Waals surface area contributed by atoms with Crippen molar-refractivity contribution in [1.82, 2.24) is 4.90 Å². The van der Waals surface area contributed by atoms with Gasteiger partial charge >= 0.3 is 0 Å². The van der Waals surface area contributed by atoms with Gasteiger partial charge in [0.1, 0.15) is 6.73 Å². The monoisotopic (exact) mass is 197 g/mol. The molecule has 0 unspecified atom stereocenters. The van der Waals surface area contributed by atoms with Gasteiger partial charge in [-0.1, -0.05) is 12.1 Å². The molecule has 1 aromatic carbocycles. The molecular weight excluding hydrogens is 189 g/mol. The summed E-state index contributed by atoms with van der Waals surface area (Å²) in [6.45, 7) is -0.563. The number of aliphatic hydroxyl groups is 1. The number of hydrogen-bond acceptors (Lipinski definition) is 3. The van der Waals surface area contributed by atoms with Gasteiger partial charge in [-0.25, -0.2) is 0 Å². The van der Waals surface area contributed by atoms with E-state index in [1.165, 1.54) is 0 Å². The fraction of sp³-hybridized carbons (Fsp3) is 0.111. The molecule has 0 saturated heterocycles. The molecule has 1 aromatic rings. The first kappa shape index (κ1) is 10.3. The predicted octanol–water partition coefficient (Wildman–Crippen LogP) is 0.385. The van der Waals surface area contributed by atoms with Gasteiger partial charge in [0.25, 0.3) is 11.8 Å². The topological polar surface area (TPSA) is 57.6 Å². The number of amides is 2. The zero-order valence-electron chi connectivity index (χ0n) is 7.14. The Morgan fingerprint density at radius 3 is 1.86 bits per heavy atom. The number of imide groups is 1. The zero-order chi connectivity index (χ0) is 9.42. The van der Waals surface area contributed by atoms with E-state index < -0.39 is 18.5 Å². The Bertz CT molecular complexity index is 356. The first-order valence-corrected chi connectivity index (χ1v) is 3.82. The number of carbonyl (C=O) groups is 2. The highest BCUT2D eigenvalue weighted by atomic mass is 19.0. The van der Waals surface area contributed by atoms with E-state index in [1.54, 1.807) is 24.3 Å². The highest BCUT2D eigenvalue weighted by Gasteiger charge is 2.34. The number of nitrogens with zero attached hydrogens (tertiary/aromatic N) is 1. The molecule has 1 N–H and O–H groups in total. The van der Waals surface area contributed by atoms with E-state index in [9.17, 15) is 9.59 Å². The van der Waals surface area contributed by atoms with Crippen molar-refractivity contribution in [3.05, 3.63) is 35.4 Å². The van der Waals surface area contributed by atoms with Crippen LogP contribution in [0.15, 0.2) is 24.3 Å². The maximum Gasteiger partial charge on any atom is 0.263 e. The van der Waals surface area contributed by atoms with Crippen LogP contribution in [0, 0.1) is 0 Å². The average Bonchev–Trinajstić information content (AvgIpc) is 2.41. The second-order valence-electron chi connectivity index (χ2n) is 2.73. The molecule has 0 fully saturated rings. The van der Waals surface area contributed by atoms with Gasteiger partial charge in [-0.2, -0.15) is 0 Å². The lowest BCUT2D eigenvalue weighted by molar-refractivity contribution is 0.0490. The van der Waals surface area contributed by atoms with Crippen LogP contribution in [0.4, 0.5) is 4.70 Å². The van der Waals surface area contributed by atoms with Crippen molar-refractivity contribution in [2.75, 3.05) is 6.73 Å². The Morgan fingerprint density at radius 2 is 1.50 bits per heavy atom. The van der Waals surface area contributed by atoms with Crippen molar-refractivity contribution in [2.45, 2.75) is 0 Å². The van der Waals surface area contributed by atoms with Gasteiger partial charge < -0.3 is 5.11 Å². The van der Waals surface area contributed by atoms with Gasteiger partial charge in [0, 0.05) is 0 Å². The quantitative estimate of drug-likeness (QED) is 0.662. The first-order valence-electron chi connectivity index (χ1n) is 3.82. The summed E-state index contributed by atoms with van der Waals surface area (Å²) < 4.78 is 0. The summed E-state index contributed by atoms with van der Waals surface area (Å²) in [5.74, 6) is -0.855. The highest BCUT2D eigenvalue weighted by Crippen LogP contribution is 2.21. The summed E-state index contributed by atoms with van der Waals surface area (Å²) in [5, 5.41) is 8.76. The summed E-state index contributed by atoms with van der Waals surface area (Å²) in [6.07, 6.45) is 0. The molecule has 0 bridgehead atoms. The Morgan fingerprint density at radius 1 is 1.07 bits per heavy atom. The minimum atomic E-state index is -0.563. The predicted molar refractivity (Wildman–Crippen MR) is 46.5 cm³/mol. The van der Waals surface area contributed by atoms with Crippen LogP contribution in [0.5, 0.6) is 0 Å². The van der Waals surface area contributed by atoms with Crippen LogP contribution in [0.3, 0.4) is 0 Å². The Kier molecular flexibility index (Phi) is 2.62. The Balaban J connectivity index is 0.000000980. The fourth-order valence-corrected chi connectivity index (χ4v) is 1.37. The molecule has 74 valence electrons. The summed E-state index contributed by atoms with van der Waals surface area (Å²) in [4.78, 5) is 23.6. The molecule has 14 heavy (non-hydrogen) atoms. The minimum Gasteiger partial charge on any atom is -0.376 e. The number of aliphatic hydroxyl groups excluding tert-OH is 1. The third kappa shape index (κ3) is 1.18. The van der Waals surface area contributed by atoms with Gasteiger partial charge in [-0.15, -0.1) is 0 Å². The molecule has 4 nitrogen and oxygen atoms in total. The molecule has 5 heteroatoms. The van der Waals surface area contributed by atoms with Crippen molar-refractivity contribution in [3.8, 4) is 0 Å². The van der Waals surface area contributed by atoms with Gasteiger partial charge in [0.15, 0.2) is 0 Å². The van der Waals surface area contributed by atoms with Crippen LogP contribution in [-0.2, 0) is 0 Å². The number of fused-ring (bicyclic) bond motifs is 1. The molecule has 0 spiro atoms. The molecule has 0 radical (unpaired) electrons. The summed E-state index contributed by atoms with van der Waals surface area (Å²) in [6, 6.07) is 6.52. The lowest BCUT2D eigenvalue weighted by Gasteiger charge is -2.07. The van der Waals surface area contributed by atoms with Crippen LogP contribution in [-0.4, -0.2) is 28.6 Å². The molecule has 2 amide bonds. The van der Waals surface area contributed by atoms with Gasteiger partial charge in [-0.3, -0.25) is 19.2 Å². The van der Waals surface area contributed by atoms with Crippen LogP contribution >= 0.6 is 0 Å². The Hall–Kier alpha value is -1.75. The lowest BCUT2D eigenvalue weighted by Crippen LogP contribution is -2.30. The van der Waals surface area contributed by atoms with Gasteiger partial charge in [0.05, 0.1) is 11.1 Å². The molecule has 1 heterocycles. The number of benzene rings is 1. The number of hydrogen-bond donors (Lipinski definition) is 1. The molecule has 0 saturated carbocycles. The van der Waals surface area contributed by atoms with Crippen molar-refractivity contribution in [3.63, 3.8) is 0 Å². The number of rotatable bonds is 1. The van der Waals surface area contributed by atoms with Crippen molar-refractivity contribution >= 4 is 11.8 Å². The molecule has 0 aliphatic carbocycles. The molecule has 1 aliphatic rings. The van der Waals surface area contributed by atoms with E-state index in [4.69, 9.17) is 5.11 Å². The summed E-state index contributed by atoms with van der Waals surface area (Å²) >= 11 is 0. The molecule has 0 atom stereocenters. The lowest BCUT2D eigenvalue weighted by atomic mass is 10.1. The van der Waals surface area contributed by atoms with E-state index >= 15 is 0 Å². The van der Waals surface area contributed by atoms with E-state index in [-0.39, 0.29) is 4.70 Å². The van der Waals surface area contributed by atoms with Crippen LogP contribution < -0.4 is 0 Å². The van der Waals surface area contributed by atoms with Crippen LogP contribution in [0.1, 0.15) is 20.7 Å².